The van der Waals surface area contributed by atoms with E-state index < -0.39 is 0 Å². The Morgan fingerprint density at radius 1 is 1.50 bits per heavy atom. The Labute approximate surface area is 131 Å². The van der Waals surface area contributed by atoms with E-state index in [1.54, 1.807) is 0 Å². The molecule has 1 saturated heterocycles. The second-order valence-corrected chi connectivity index (χ2v) is 6.45. The molecule has 0 saturated carbocycles. The fourth-order valence-corrected chi connectivity index (χ4v) is 2.76. The molecule has 1 atom stereocenters. The smallest absolute Gasteiger partial charge is 0.353 e. The lowest BCUT2D eigenvalue weighted by molar-refractivity contribution is -0.383. The van der Waals surface area contributed by atoms with Crippen LogP contribution < -0.4 is 10.2 Å². The minimum absolute atomic E-state index is 0.000330. The van der Waals surface area contributed by atoms with Crippen molar-refractivity contribution in [2.24, 2.45) is 11.8 Å². The van der Waals surface area contributed by atoms with Gasteiger partial charge in [0.1, 0.15) is 6.33 Å². The van der Waals surface area contributed by atoms with Crippen LogP contribution in [0.4, 0.5) is 17.3 Å². The van der Waals surface area contributed by atoms with Gasteiger partial charge in [-0.05, 0) is 31.1 Å². The molecule has 1 N–H and O–H groups in total. The zero-order chi connectivity index (χ0) is 16.1. The summed E-state index contributed by atoms with van der Waals surface area (Å²) in [7, 11) is 0. The van der Waals surface area contributed by atoms with E-state index in [0.717, 1.165) is 32.4 Å². The van der Waals surface area contributed by atoms with Crippen molar-refractivity contribution in [3.05, 3.63) is 16.4 Å². The van der Waals surface area contributed by atoms with Crippen molar-refractivity contribution in [2.45, 2.75) is 40.0 Å². The molecule has 7 nitrogen and oxygen atoms in total. The van der Waals surface area contributed by atoms with Crippen molar-refractivity contribution in [3.63, 3.8) is 0 Å². The van der Waals surface area contributed by atoms with Crippen LogP contribution in [0.1, 0.15) is 40.0 Å². The quantitative estimate of drug-likeness (QED) is 0.642. The highest BCUT2D eigenvalue weighted by molar-refractivity contribution is 5.70. The van der Waals surface area contributed by atoms with Gasteiger partial charge in [-0.2, -0.15) is 0 Å². The van der Waals surface area contributed by atoms with Crippen LogP contribution in [0.15, 0.2) is 6.33 Å². The Morgan fingerprint density at radius 2 is 2.27 bits per heavy atom. The molecular formula is C15H25N5O2. The van der Waals surface area contributed by atoms with Crippen molar-refractivity contribution < 1.29 is 4.92 Å². The average Bonchev–Trinajstić information content (AvgIpc) is 2.46. The van der Waals surface area contributed by atoms with E-state index >= 15 is 0 Å². The Morgan fingerprint density at radius 3 is 2.91 bits per heavy atom. The van der Waals surface area contributed by atoms with Gasteiger partial charge < -0.3 is 10.2 Å². The molecule has 0 amide bonds. The van der Waals surface area contributed by atoms with Crippen molar-refractivity contribution in [3.8, 4) is 0 Å². The van der Waals surface area contributed by atoms with Gasteiger partial charge in [0.2, 0.25) is 11.6 Å². The number of aromatic nitrogens is 2. The Kier molecular flexibility index (Phi) is 5.51. The van der Waals surface area contributed by atoms with E-state index in [4.69, 9.17) is 0 Å². The van der Waals surface area contributed by atoms with Gasteiger partial charge in [-0.3, -0.25) is 10.1 Å². The highest BCUT2D eigenvalue weighted by atomic mass is 16.6. The molecule has 7 heteroatoms. The number of nitrogens with one attached hydrogen (secondary N) is 1. The second kappa shape index (κ2) is 7.38. The van der Waals surface area contributed by atoms with Crippen molar-refractivity contribution in [1.29, 1.82) is 0 Å². The van der Waals surface area contributed by atoms with Gasteiger partial charge >= 0.3 is 5.69 Å². The van der Waals surface area contributed by atoms with Crippen molar-refractivity contribution >= 4 is 17.3 Å². The molecule has 0 bridgehead atoms. The summed E-state index contributed by atoms with van der Waals surface area (Å²) in [5.41, 5.74) is 0.000330. The maximum atomic E-state index is 11.5. The first-order chi connectivity index (χ1) is 10.5. The van der Waals surface area contributed by atoms with Gasteiger partial charge in [0, 0.05) is 19.6 Å². The summed E-state index contributed by atoms with van der Waals surface area (Å²) in [6.45, 7) is 8.70. The minimum atomic E-state index is -0.369. The zero-order valence-corrected chi connectivity index (χ0v) is 13.6. The first-order valence-corrected chi connectivity index (χ1v) is 7.97. The van der Waals surface area contributed by atoms with E-state index in [9.17, 15) is 10.1 Å². The number of hydrogen-bond donors (Lipinski definition) is 1. The lowest BCUT2D eigenvalue weighted by Crippen LogP contribution is -2.35. The number of anilines is 2. The van der Waals surface area contributed by atoms with Crippen LogP contribution in [0.2, 0.25) is 0 Å². The lowest BCUT2D eigenvalue weighted by atomic mass is 10.0. The van der Waals surface area contributed by atoms with E-state index in [1.165, 1.54) is 6.33 Å². The first-order valence-electron chi connectivity index (χ1n) is 7.97. The largest absolute Gasteiger partial charge is 0.364 e. The van der Waals surface area contributed by atoms with Gasteiger partial charge in [-0.15, -0.1) is 0 Å². The van der Waals surface area contributed by atoms with Crippen LogP contribution in [0, 0.1) is 22.0 Å². The fourth-order valence-electron chi connectivity index (χ4n) is 2.76. The van der Waals surface area contributed by atoms with Crippen LogP contribution in [0.5, 0.6) is 0 Å². The third kappa shape index (κ3) is 4.05. The molecule has 1 aliphatic heterocycles. The van der Waals surface area contributed by atoms with Crippen LogP contribution in [-0.4, -0.2) is 34.5 Å². The van der Waals surface area contributed by atoms with Crippen molar-refractivity contribution in [2.75, 3.05) is 29.9 Å². The van der Waals surface area contributed by atoms with E-state index in [0.29, 0.717) is 30.0 Å². The topological polar surface area (TPSA) is 84.2 Å². The maximum Gasteiger partial charge on any atom is 0.353 e. The second-order valence-electron chi connectivity index (χ2n) is 6.45. The monoisotopic (exact) mass is 307 g/mol. The summed E-state index contributed by atoms with van der Waals surface area (Å²) < 4.78 is 0. The number of piperidine rings is 1. The summed E-state index contributed by atoms with van der Waals surface area (Å²) in [5, 5.41) is 14.6. The third-order valence-electron chi connectivity index (χ3n) is 3.96. The van der Waals surface area contributed by atoms with Gasteiger partial charge in [0.15, 0.2) is 0 Å². The van der Waals surface area contributed by atoms with Gasteiger partial charge in [0.05, 0.1) is 4.92 Å². The molecule has 2 heterocycles. The van der Waals surface area contributed by atoms with Crippen LogP contribution in [0.3, 0.4) is 0 Å². The molecule has 1 aliphatic rings. The highest BCUT2D eigenvalue weighted by Gasteiger charge is 2.29. The number of nitro groups is 1. The molecule has 1 unspecified atom stereocenters. The van der Waals surface area contributed by atoms with Gasteiger partial charge in [-0.25, -0.2) is 9.97 Å². The molecule has 0 aromatic carbocycles. The molecule has 0 spiro atoms. The number of nitrogens with zero attached hydrogens (tertiary/aromatic N) is 4. The van der Waals surface area contributed by atoms with Crippen LogP contribution >= 0.6 is 0 Å². The Hall–Kier alpha value is -1.92. The summed E-state index contributed by atoms with van der Waals surface area (Å²) in [5.74, 6) is 1.84. The molecular weight excluding hydrogens is 282 g/mol. The SMILES string of the molecule is CC(C)CCNc1ncnc(N2CCCC(C)C2)c1[N+](=O)[O-]. The summed E-state index contributed by atoms with van der Waals surface area (Å²) in [4.78, 5) is 21.4. The normalized spacial score (nSPS) is 18.5. The molecule has 1 aromatic heterocycles. The summed E-state index contributed by atoms with van der Waals surface area (Å²) in [6, 6.07) is 0. The molecule has 0 aliphatic carbocycles. The predicted molar refractivity (Wildman–Crippen MR) is 87.2 cm³/mol. The zero-order valence-electron chi connectivity index (χ0n) is 13.6. The predicted octanol–water partition coefficient (Wildman–Crippen LogP) is 3.08. The van der Waals surface area contributed by atoms with Gasteiger partial charge in [0.25, 0.3) is 0 Å². The molecule has 22 heavy (non-hydrogen) atoms. The first kappa shape index (κ1) is 16.5. The van der Waals surface area contributed by atoms with Crippen molar-refractivity contribution in [1.82, 2.24) is 9.97 Å². The van der Waals surface area contributed by atoms with Crippen LogP contribution in [-0.2, 0) is 0 Å². The molecule has 0 radical (unpaired) electrons. The van der Waals surface area contributed by atoms with E-state index in [1.807, 2.05) is 4.90 Å². The van der Waals surface area contributed by atoms with E-state index in [-0.39, 0.29) is 10.6 Å². The summed E-state index contributed by atoms with van der Waals surface area (Å²) in [6.07, 6.45) is 4.56. The molecule has 1 aromatic rings. The van der Waals surface area contributed by atoms with E-state index in [2.05, 4.69) is 36.1 Å². The summed E-state index contributed by atoms with van der Waals surface area (Å²) >= 11 is 0. The fraction of sp³-hybridized carbons (Fsp3) is 0.733. The standard InChI is InChI=1S/C15H25N5O2/c1-11(2)6-7-16-14-13(20(21)22)15(18-10-17-14)19-8-4-5-12(3)9-19/h10-12H,4-9H2,1-3H3,(H,16,17,18). The molecule has 122 valence electrons. The van der Waals surface area contributed by atoms with Gasteiger partial charge in [-0.1, -0.05) is 20.8 Å². The maximum absolute atomic E-state index is 11.5. The minimum Gasteiger partial charge on any atom is -0.364 e. The number of hydrogen-bond acceptors (Lipinski definition) is 6. The Bertz CT molecular complexity index is 521. The Balaban J connectivity index is 2.23. The molecule has 1 fully saturated rings. The lowest BCUT2D eigenvalue weighted by Gasteiger charge is -2.31. The number of rotatable bonds is 6. The van der Waals surface area contributed by atoms with Crippen LogP contribution in [0.25, 0.3) is 0 Å². The molecule has 2 rings (SSSR count). The average molecular weight is 307 g/mol. The highest BCUT2D eigenvalue weighted by Crippen LogP contribution is 2.33. The third-order valence-corrected chi connectivity index (χ3v) is 3.96.